The summed E-state index contributed by atoms with van der Waals surface area (Å²) in [7, 11) is 1.29. The molecular formula is C3H2BrClN2O2S. The van der Waals surface area contributed by atoms with Crippen molar-refractivity contribution in [3.8, 4) is 0 Å². The summed E-state index contributed by atoms with van der Waals surface area (Å²) in [5.74, 6) is 0. The van der Waals surface area contributed by atoms with Gasteiger partial charge in [-0.05, 0) is 15.9 Å². The Morgan fingerprint density at radius 1 is 1.70 bits per heavy atom. The minimum absolute atomic E-state index is 0.117. The molecule has 0 unspecified atom stereocenters. The zero-order chi connectivity index (χ0) is 7.78. The maximum absolute atomic E-state index is 10.6. The monoisotopic (exact) mass is 244 g/mol. The molecule has 1 heterocycles. The van der Waals surface area contributed by atoms with E-state index in [4.69, 9.17) is 10.7 Å². The van der Waals surface area contributed by atoms with Crippen molar-refractivity contribution in [3.63, 3.8) is 0 Å². The zero-order valence-corrected chi connectivity index (χ0v) is 7.66. The number of nitrogens with zero attached hydrogens (tertiary/aromatic N) is 1. The molecule has 0 saturated carbocycles. The molecule has 0 atom stereocenters. The highest BCUT2D eigenvalue weighted by Gasteiger charge is 2.15. The van der Waals surface area contributed by atoms with Crippen LogP contribution in [0.1, 0.15) is 0 Å². The predicted molar refractivity (Wildman–Crippen MR) is 39.3 cm³/mol. The van der Waals surface area contributed by atoms with Crippen molar-refractivity contribution >= 4 is 35.7 Å². The molecule has 0 aromatic carbocycles. The van der Waals surface area contributed by atoms with Gasteiger partial charge in [0.25, 0.3) is 9.05 Å². The molecule has 0 aliphatic heterocycles. The van der Waals surface area contributed by atoms with Gasteiger partial charge >= 0.3 is 0 Å². The van der Waals surface area contributed by atoms with E-state index in [9.17, 15) is 8.42 Å². The van der Waals surface area contributed by atoms with Crippen molar-refractivity contribution in [2.24, 2.45) is 0 Å². The van der Waals surface area contributed by atoms with E-state index >= 15 is 0 Å². The lowest BCUT2D eigenvalue weighted by Crippen LogP contribution is -1.91. The summed E-state index contributed by atoms with van der Waals surface area (Å²) in [6.07, 6.45) is 1.31. The van der Waals surface area contributed by atoms with E-state index in [1.165, 1.54) is 6.20 Å². The van der Waals surface area contributed by atoms with Gasteiger partial charge in [0.2, 0.25) is 0 Å². The third-order valence-corrected chi connectivity index (χ3v) is 2.93. The molecule has 56 valence electrons. The van der Waals surface area contributed by atoms with Gasteiger partial charge in [-0.3, -0.25) is 5.10 Å². The van der Waals surface area contributed by atoms with E-state index in [1.54, 1.807) is 0 Å². The molecule has 1 aromatic rings. The van der Waals surface area contributed by atoms with Gasteiger partial charge < -0.3 is 0 Å². The second kappa shape index (κ2) is 2.52. The van der Waals surface area contributed by atoms with E-state index < -0.39 is 9.05 Å². The highest BCUT2D eigenvalue weighted by atomic mass is 79.9. The molecule has 1 N–H and O–H groups in total. The Morgan fingerprint density at radius 3 is 2.50 bits per heavy atom. The van der Waals surface area contributed by atoms with Crippen LogP contribution in [0.2, 0.25) is 0 Å². The summed E-state index contributed by atoms with van der Waals surface area (Å²) in [4.78, 5) is 0. The minimum atomic E-state index is -3.68. The lowest BCUT2D eigenvalue weighted by molar-refractivity contribution is 0.605. The first-order valence-electron chi connectivity index (χ1n) is 2.15. The fraction of sp³-hybridized carbons (Fsp3) is 0. The number of aromatic amines is 1. The van der Waals surface area contributed by atoms with E-state index in [2.05, 4.69) is 26.1 Å². The van der Waals surface area contributed by atoms with Crippen LogP contribution in [0.25, 0.3) is 0 Å². The second-order valence-corrected chi connectivity index (χ2v) is 4.84. The molecular weight excluding hydrogens is 243 g/mol. The Hall–Kier alpha value is -0.0700. The third-order valence-electron chi connectivity index (χ3n) is 0.805. The molecule has 0 aliphatic rings. The van der Waals surface area contributed by atoms with Crippen molar-refractivity contribution in [3.05, 3.63) is 10.7 Å². The topological polar surface area (TPSA) is 62.8 Å². The second-order valence-electron chi connectivity index (χ2n) is 1.48. The molecule has 0 fully saturated rings. The minimum Gasteiger partial charge on any atom is -0.265 e. The van der Waals surface area contributed by atoms with E-state index in [0.29, 0.717) is 4.47 Å². The summed E-state index contributed by atoms with van der Waals surface area (Å²) < 4.78 is 21.5. The molecule has 0 amide bonds. The Morgan fingerprint density at radius 2 is 2.30 bits per heavy atom. The lowest BCUT2D eigenvalue weighted by Gasteiger charge is -1.87. The van der Waals surface area contributed by atoms with Gasteiger partial charge in [-0.15, -0.1) is 0 Å². The van der Waals surface area contributed by atoms with Crippen molar-refractivity contribution in [2.75, 3.05) is 0 Å². The quantitative estimate of drug-likeness (QED) is 0.754. The molecule has 10 heavy (non-hydrogen) atoms. The Kier molecular flexibility index (Phi) is 2.02. The van der Waals surface area contributed by atoms with Gasteiger partial charge in [0.1, 0.15) is 0 Å². The highest BCUT2D eigenvalue weighted by molar-refractivity contribution is 9.10. The number of H-pyrrole nitrogens is 1. The zero-order valence-electron chi connectivity index (χ0n) is 4.51. The summed E-state index contributed by atoms with van der Waals surface area (Å²) in [6.45, 7) is 0. The largest absolute Gasteiger partial charge is 0.279 e. The number of nitrogens with one attached hydrogen (secondary N) is 1. The highest BCUT2D eigenvalue weighted by Crippen LogP contribution is 2.21. The van der Waals surface area contributed by atoms with Crippen molar-refractivity contribution in [1.29, 1.82) is 0 Å². The maximum atomic E-state index is 10.6. The molecule has 1 aromatic heterocycles. The van der Waals surface area contributed by atoms with Crippen LogP contribution in [0.3, 0.4) is 0 Å². The standard InChI is InChI=1S/C3H2BrClN2O2S/c4-2-1-6-7-3(2)10(5,8)9/h1H,(H,6,7). The summed E-state index contributed by atoms with van der Waals surface area (Å²) in [5, 5.41) is 5.56. The molecule has 0 bridgehead atoms. The third kappa shape index (κ3) is 1.50. The van der Waals surface area contributed by atoms with Crippen molar-refractivity contribution in [1.82, 2.24) is 10.2 Å². The fourth-order valence-corrected chi connectivity index (χ4v) is 2.34. The Labute approximate surface area is 70.1 Å². The number of hydrogen-bond acceptors (Lipinski definition) is 3. The van der Waals surface area contributed by atoms with Crippen LogP contribution in [0.5, 0.6) is 0 Å². The van der Waals surface area contributed by atoms with Gasteiger partial charge in [-0.1, -0.05) is 0 Å². The number of hydrogen-bond donors (Lipinski definition) is 1. The number of halogens is 2. The van der Waals surface area contributed by atoms with E-state index in [1.807, 2.05) is 0 Å². The van der Waals surface area contributed by atoms with Crippen molar-refractivity contribution in [2.45, 2.75) is 5.03 Å². The normalized spacial score (nSPS) is 11.8. The molecule has 1 rings (SSSR count). The van der Waals surface area contributed by atoms with Gasteiger partial charge in [0.05, 0.1) is 10.7 Å². The van der Waals surface area contributed by atoms with E-state index in [0.717, 1.165) is 0 Å². The SMILES string of the molecule is O=S(=O)(Cl)c1[nH]ncc1Br. The van der Waals surface area contributed by atoms with Gasteiger partial charge in [0, 0.05) is 10.7 Å². The van der Waals surface area contributed by atoms with Crippen LogP contribution in [0.4, 0.5) is 0 Å². The first-order chi connectivity index (χ1) is 4.52. The Bertz CT molecular complexity index is 332. The molecule has 4 nitrogen and oxygen atoms in total. The Balaban J connectivity index is 3.32. The average Bonchev–Trinajstić information content (AvgIpc) is 2.11. The van der Waals surface area contributed by atoms with Gasteiger partial charge in [0.15, 0.2) is 5.03 Å². The number of aromatic nitrogens is 2. The summed E-state index contributed by atoms with van der Waals surface area (Å²) >= 11 is 2.94. The van der Waals surface area contributed by atoms with Crippen LogP contribution in [-0.2, 0) is 9.05 Å². The van der Waals surface area contributed by atoms with Crippen molar-refractivity contribution < 1.29 is 8.42 Å². The van der Waals surface area contributed by atoms with Crippen LogP contribution >= 0.6 is 26.6 Å². The summed E-state index contributed by atoms with van der Waals surface area (Å²) in [6, 6.07) is 0. The van der Waals surface area contributed by atoms with Gasteiger partial charge in [-0.2, -0.15) is 5.10 Å². The maximum Gasteiger partial charge on any atom is 0.279 e. The van der Waals surface area contributed by atoms with Crippen LogP contribution < -0.4 is 0 Å². The first kappa shape index (κ1) is 8.03. The molecule has 0 radical (unpaired) electrons. The molecule has 7 heteroatoms. The molecule has 0 spiro atoms. The fourth-order valence-electron chi connectivity index (χ4n) is 0.431. The molecule has 0 saturated heterocycles. The first-order valence-corrected chi connectivity index (χ1v) is 5.25. The average molecular weight is 245 g/mol. The van der Waals surface area contributed by atoms with E-state index in [-0.39, 0.29) is 5.03 Å². The predicted octanol–water partition coefficient (Wildman–Crippen LogP) is 1.10. The summed E-state index contributed by atoms with van der Waals surface area (Å²) in [5.41, 5.74) is 0. The van der Waals surface area contributed by atoms with Crippen LogP contribution in [-0.4, -0.2) is 18.6 Å². The van der Waals surface area contributed by atoms with Crippen LogP contribution in [0.15, 0.2) is 15.7 Å². The van der Waals surface area contributed by atoms with Crippen LogP contribution in [0, 0.1) is 0 Å². The molecule has 0 aliphatic carbocycles. The number of rotatable bonds is 1. The smallest absolute Gasteiger partial charge is 0.265 e. The van der Waals surface area contributed by atoms with Gasteiger partial charge in [-0.25, -0.2) is 8.42 Å². The lowest BCUT2D eigenvalue weighted by atomic mass is 10.8.